The first-order valence-corrected chi connectivity index (χ1v) is 20.4. The predicted molar refractivity (Wildman–Crippen MR) is 198 cm³/mol. The van der Waals surface area contributed by atoms with Crippen molar-refractivity contribution in [3.63, 3.8) is 0 Å². The maximum atomic E-state index is 12.3. The van der Waals surface area contributed by atoms with Crippen molar-refractivity contribution in [1.82, 2.24) is 5.32 Å². The van der Waals surface area contributed by atoms with E-state index in [-0.39, 0.29) is 12.5 Å². The summed E-state index contributed by atoms with van der Waals surface area (Å²) < 4.78 is 0. The average molecular weight is 636 g/mol. The summed E-state index contributed by atoms with van der Waals surface area (Å²) in [5.74, 6) is -0.0345. The van der Waals surface area contributed by atoms with Gasteiger partial charge in [0.15, 0.2) is 0 Å². The summed E-state index contributed by atoms with van der Waals surface area (Å²) in [6, 6.07) is -0.528. The molecule has 0 bridgehead atoms. The summed E-state index contributed by atoms with van der Waals surface area (Å²) in [4.78, 5) is 12.3. The molecule has 2 unspecified atom stereocenters. The van der Waals surface area contributed by atoms with Gasteiger partial charge in [-0.25, -0.2) is 0 Å². The first kappa shape index (κ1) is 44.1. The molecule has 0 aromatic heterocycles. The van der Waals surface area contributed by atoms with Gasteiger partial charge >= 0.3 is 0 Å². The Morgan fingerprint density at radius 3 is 1.22 bits per heavy atom. The standard InChI is InChI=1S/C41H81NO3/c1-3-5-7-9-11-12-13-14-15-16-17-18-19-20-21-22-23-24-25-26-27-28-29-30-31-33-35-37-41(45)42-39(38-43)40(44)36-34-32-10-8-6-4-2/h16-17,39-40,43-44H,3-15,18-38H2,1-2H3,(H,42,45)/b17-16-. The fourth-order valence-electron chi connectivity index (χ4n) is 6.36. The van der Waals surface area contributed by atoms with Crippen molar-refractivity contribution in [3.05, 3.63) is 12.2 Å². The van der Waals surface area contributed by atoms with E-state index in [4.69, 9.17) is 0 Å². The molecule has 4 heteroatoms. The number of aliphatic hydroxyl groups excluding tert-OH is 2. The van der Waals surface area contributed by atoms with Crippen molar-refractivity contribution in [2.24, 2.45) is 0 Å². The van der Waals surface area contributed by atoms with Crippen LogP contribution in [0.4, 0.5) is 0 Å². The van der Waals surface area contributed by atoms with Gasteiger partial charge in [-0.2, -0.15) is 0 Å². The molecule has 0 aliphatic carbocycles. The van der Waals surface area contributed by atoms with E-state index in [1.807, 2.05) is 0 Å². The maximum Gasteiger partial charge on any atom is 0.220 e. The molecule has 2 atom stereocenters. The van der Waals surface area contributed by atoms with E-state index < -0.39 is 12.1 Å². The third-order valence-corrected chi connectivity index (χ3v) is 9.53. The minimum atomic E-state index is -0.651. The number of carbonyl (C=O) groups excluding carboxylic acids is 1. The van der Waals surface area contributed by atoms with Gasteiger partial charge in [-0.15, -0.1) is 0 Å². The van der Waals surface area contributed by atoms with Crippen LogP contribution in [0.5, 0.6) is 0 Å². The molecule has 0 aliphatic heterocycles. The smallest absolute Gasteiger partial charge is 0.220 e. The Balaban J connectivity index is 3.37. The van der Waals surface area contributed by atoms with Crippen LogP contribution in [0.25, 0.3) is 0 Å². The second-order valence-electron chi connectivity index (χ2n) is 14.1. The molecular weight excluding hydrogens is 554 g/mol. The molecule has 0 heterocycles. The number of unbranched alkanes of at least 4 members (excludes halogenated alkanes) is 28. The first-order chi connectivity index (χ1) is 22.2. The summed E-state index contributed by atoms with van der Waals surface area (Å²) in [5, 5.41) is 22.8. The number of nitrogens with one attached hydrogen (secondary N) is 1. The summed E-state index contributed by atoms with van der Waals surface area (Å²) in [5.41, 5.74) is 0. The van der Waals surface area contributed by atoms with Crippen molar-refractivity contribution in [1.29, 1.82) is 0 Å². The summed E-state index contributed by atoms with van der Waals surface area (Å²) in [6.45, 7) is 4.31. The van der Waals surface area contributed by atoms with Crippen molar-refractivity contribution in [2.45, 2.75) is 238 Å². The Kier molecular flexibility index (Phi) is 36.9. The highest BCUT2D eigenvalue weighted by molar-refractivity contribution is 5.76. The number of rotatable bonds is 37. The lowest BCUT2D eigenvalue weighted by molar-refractivity contribution is -0.123. The largest absolute Gasteiger partial charge is 0.394 e. The molecule has 268 valence electrons. The second-order valence-corrected chi connectivity index (χ2v) is 14.1. The third-order valence-electron chi connectivity index (χ3n) is 9.53. The first-order valence-electron chi connectivity index (χ1n) is 20.4. The zero-order valence-corrected chi connectivity index (χ0v) is 30.7. The van der Waals surface area contributed by atoms with Crippen molar-refractivity contribution in [2.75, 3.05) is 6.61 Å². The molecule has 0 aromatic carbocycles. The van der Waals surface area contributed by atoms with Gasteiger partial charge in [0, 0.05) is 6.42 Å². The van der Waals surface area contributed by atoms with E-state index in [9.17, 15) is 15.0 Å². The van der Waals surface area contributed by atoms with Crippen LogP contribution in [0.15, 0.2) is 12.2 Å². The molecule has 0 rings (SSSR count). The number of amides is 1. The lowest BCUT2D eigenvalue weighted by atomic mass is 10.0. The van der Waals surface area contributed by atoms with E-state index in [0.29, 0.717) is 12.8 Å². The van der Waals surface area contributed by atoms with Crippen LogP contribution < -0.4 is 5.32 Å². The number of hydrogen-bond donors (Lipinski definition) is 3. The molecule has 0 spiro atoms. The Hall–Kier alpha value is -0.870. The molecular formula is C41H81NO3. The van der Waals surface area contributed by atoms with E-state index in [0.717, 1.165) is 25.7 Å². The fourth-order valence-corrected chi connectivity index (χ4v) is 6.36. The minimum absolute atomic E-state index is 0.0345. The average Bonchev–Trinajstić information content (AvgIpc) is 3.04. The summed E-state index contributed by atoms with van der Waals surface area (Å²) in [7, 11) is 0. The van der Waals surface area contributed by atoms with Crippen molar-refractivity contribution in [3.8, 4) is 0 Å². The van der Waals surface area contributed by atoms with Gasteiger partial charge in [0.05, 0.1) is 18.8 Å². The number of carbonyl (C=O) groups is 1. The molecule has 0 aliphatic rings. The van der Waals surface area contributed by atoms with Crippen LogP contribution in [-0.2, 0) is 4.79 Å². The highest BCUT2D eigenvalue weighted by Crippen LogP contribution is 2.15. The van der Waals surface area contributed by atoms with Gasteiger partial charge < -0.3 is 15.5 Å². The topological polar surface area (TPSA) is 69.6 Å². The maximum absolute atomic E-state index is 12.3. The molecule has 0 saturated heterocycles. The van der Waals surface area contributed by atoms with Gasteiger partial charge in [0.1, 0.15) is 0 Å². The Labute approximate surface area is 282 Å². The second kappa shape index (κ2) is 37.6. The molecule has 0 radical (unpaired) electrons. The third kappa shape index (κ3) is 34.3. The van der Waals surface area contributed by atoms with Crippen LogP contribution in [0, 0.1) is 0 Å². The molecule has 3 N–H and O–H groups in total. The fraction of sp³-hybridized carbons (Fsp3) is 0.927. The van der Waals surface area contributed by atoms with Gasteiger partial charge in [-0.05, 0) is 38.5 Å². The zero-order valence-electron chi connectivity index (χ0n) is 30.7. The number of aliphatic hydroxyl groups is 2. The molecule has 1 amide bonds. The zero-order chi connectivity index (χ0) is 32.9. The van der Waals surface area contributed by atoms with Gasteiger partial charge in [-0.1, -0.05) is 193 Å². The van der Waals surface area contributed by atoms with E-state index >= 15 is 0 Å². The van der Waals surface area contributed by atoms with Crippen LogP contribution in [0.2, 0.25) is 0 Å². The van der Waals surface area contributed by atoms with Crippen LogP contribution in [0.3, 0.4) is 0 Å². The highest BCUT2D eigenvalue weighted by atomic mass is 16.3. The SMILES string of the molecule is CCCCCCCCCC/C=C\CCCCCCCCCCCCCCCCCC(=O)NC(CO)C(O)CCCCCCCC. The van der Waals surface area contributed by atoms with E-state index in [1.54, 1.807) is 0 Å². The number of allylic oxidation sites excluding steroid dienone is 2. The van der Waals surface area contributed by atoms with E-state index in [2.05, 4.69) is 31.3 Å². The van der Waals surface area contributed by atoms with Gasteiger partial charge in [0.2, 0.25) is 5.91 Å². The quantitative estimate of drug-likeness (QED) is 0.0470. The molecule has 45 heavy (non-hydrogen) atoms. The monoisotopic (exact) mass is 636 g/mol. The summed E-state index contributed by atoms with van der Waals surface area (Å²) >= 11 is 0. The van der Waals surface area contributed by atoms with Gasteiger partial charge in [0.25, 0.3) is 0 Å². The minimum Gasteiger partial charge on any atom is -0.394 e. The molecule has 0 fully saturated rings. The Morgan fingerprint density at radius 1 is 0.511 bits per heavy atom. The molecule has 4 nitrogen and oxygen atoms in total. The molecule has 0 aromatic rings. The van der Waals surface area contributed by atoms with E-state index in [1.165, 1.54) is 173 Å². The Morgan fingerprint density at radius 2 is 0.844 bits per heavy atom. The number of hydrogen-bond acceptors (Lipinski definition) is 3. The summed E-state index contributed by atoms with van der Waals surface area (Å²) in [6.07, 6.45) is 46.0. The van der Waals surface area contributed by atoms with Crippen LogP contribution in [-0.4, -0.2) is 34.9 Å². The van der Waals surface area contributed by atoms with Crippen LogP contribution >= 0.6 is 0 Å². The molecule has 0 saturated carbocycles. The van der Waals surface area contributed by atoms with Gasteiger partial charge in [-0.3, -0.25) is 4.79 Å². The van der Waals surface area contributed by atoms with Crippen LogP contribution in [0.1, 0.15) is 226 Å². The predicted octanol–water partition coefficient (Wildman–Crippen LogP) is 12.3. The van der Waals surface area contributed by atoms with Crippen molar-refractivity contribution >= 4 is 5.91 Å². The van der Waals surface area contributed by atoms with Crippen molar-refractivity contribution < 1.29 is 15.0 Å². The Bertz CT molecular complexity index is 608. The highest BCUT2D eigenvalue weighted by Gasteiger charge is 2.19. The normalized spacial score (nSPS) is 13.1. The lowest BCUT2D eigenvalue weighted by Crippen LogP contribution is -2.45. The lowest BCUT2D eigenvalue weighted by Gasteiger charge is -2.22.